The van der Waals surface area contributed by atoms with Crippen molar-refractivity contribution in [2.45, 2.75) is 44.6 Å². The molecule has 1 rings (SSSR count). The monoisotopic (exact) mass is 254 g/mol. The number of nitrogens with zero attached hydrogens (tertiary/aromatic N) is 6. The van der Waals surface area contributed by atoms with Gasteiger partial charge in [-0.25, -0.2) is 0 Å². The quantitative estimate of drug-likeness (QED) is 0.354. The summed E-state index contributed by atoms with van der Waals surface area (Å²) in [6.07, 6.45) is -1.71. The minimum absolute atomic E-state index is 0.230. The number of ether oxygens (including phenoxy) is 1. The minimum atomic E-state index is -1.09. The smallest absolute Gasteiger partial charge is 0.303 e. The molecule has 9 heteroatoms. The third-order valence-electron chi connectivity index (χ3n) is 3.04. The lowest BCUT2D eigenvalue weighted by Gasteiger charge is -2.39. The van der Waals surface area contributed by atoms with Gasteiger partial charge in [0.15, 0.2) is 0 Å². The predicted octanol–water partition coefficient (Wildman–Crippen LogP) is 1.68. The largest absolute Gasteiger partial charge is 0.459 e. The SMILES string of the molecule is CC(=O)OC1C(C)C(N=[N+]=[N-])CC(N=[N+]=[N-])C1O. The van der Waals surface area contributed by atoms with Crippen LogP contribution in [0.5, 0.6) is 0 Å². The van der Waals surface area contributed by atoms with Crippen molar-refractivity contribution in [2.75, 3.05) is 0 Å². The van der Waals surface area contributed by atoms with E-state index in [1.165, 1.54) is 6.92 Å². The molecule has 1 N–H and O–H groups in total. The third kappa shape index (κ3) is 3.04. The summed E-state index contributed by atoms with van der Waals surface area (Å²) in [6, 6.07) is -1.26. The summed E-state index contributed by atoms with van der Waals surface area (Å²) in [5.41, 5.74) is 16.9. The van der Waals surface area contributed by atoms with Crippen LogP contribution < -0.4 is 0 Å². The van der Waals surface area contributed by atoms with Crippen LogP contribution in [0.25, 0.3) is 20.9 Å². The van der Waals surface area contributed by atoms with Crippen LogP contribution in [-0.2, 0) is 9.53 Å². The Bertz CT molecular complexity index is 385. The van der Waals surface area contributed by atoms with Gasteiger partial charge in [0.1, 0.15) is 6.10 Å². The van der Waals surface area contributed by atoms with E-state index in [4.69, 9.17) is 15.8 Å². The van der Waals surface area contributed by atoms with E-state index in [0.29, 0.717) is 0 Å². The predicted molar refractivity (Wildman–Crippen MR) is 61.2 cm³/mol. The van der Waals surface area contributed by atoms with E-state index in [2.05, 4.69) is 20.1 Å². The Balaban J connectivity index is 2.99. The maximum atomic E-state index is 11.0. The first-order chi connectivity index (χ1) is 8.51. The summed E-state index contributed by atoms with van der Waals surface area (Å²) < 4.78 is 5.01. The highest BCUT2D eigenvalue weighted by Gasteiger charge is 2.43. The molecule has 9 nitrogen and oxygen atoms in total. The molecular weight excluding hydrogens is 240 g/mol. The highest BCUT2D eigenvalue weighted by molar-refractivity contribution is 5.66. The molecule has 5 unspecified atom stereocenters. The van der Waals surface area contributed by atoms with Crippen LogP contribution in [0.4, 0.5) is 0 Å². The van der Waals surface area contributed by atoms with Crippen molar-refractivity contribution in [3.8, 4) is 0 Å². The Morgan fingerprint density at radius 3 is 2.39 bits per heavy atom. The molecule has 0 aromatic carbocycles. The number of aliphatic hydroxyl groups is 1. The summed E-state index contributed by atoms with van der Waals surface area (Å²) in [5, 5.41) is 17.0. The molecule has 1 aliphatic rings. The van der Waals surface area contributed by atoms with Crippen molar-refractivity contribution >= 4 is 5.97 Å². The maximum absolute atomic E-state index is 11.0. The number of hydrogen-bond acceptors (Lipinski definition) is 5. The highest BCUT2D eigenvalue weighted by Crippen LogP contribution is 2.32. The first-order valence-corrected chi connectivity index (χ1v) is 5.45. The van der Waals surface area contributed by atoms with Crippen LogP contribution in [0.1, 0.15) is 20.3 Å². The molecule has 0 aliphatic heterocycles. The number of carbonyl (C=O) groups is 1. The Labute approximate surface area is 103 Å². The summed E-state index contributed by atoms with van der Waals surface area (Å²) in [6.45, 7) is 2.93. The van der Waals surface area contributed by atoms with E-state index >= 15 is 0 Å². The molecular formula is C9H14N6O3. The second-order valence-electron chi connectivity index (χ2n) is 4.20. The normalized spacial score (nSPS) is 34.9. The lowest BCUT2D eigenvalue weighted by atomic mass is 9.79. The van der Waals surface area contributed by atoms with Crippen molar-refractivity contribution in [3.05, 3.63) is 20.9 Å². The van der Waals surface area contributed by atoms with Gasteiger partial charge in [-0.15, -0.1) is 0 Å². The maximum Gasteiger partial charge on any atom is 0.303 e. The Hall–Kier alpha value is -1.95. The molecule has 1 aliphatic carbocycles. The van der Waals surface area contributed by atoms with Crippen LogP contribution in [0.2, 0.25) is 0 Å². The van der Waals surface area contributed by atoms with Crippen molar-refractivity contribution in [1.82, 2.24) is 0 Å². The fourth-order valence-electron chi connectivity index (χ4n) is 2.12. The number of aliphatic hydroxyl groups excluding tert-OH is 1. The number of rotatable bonds is 3. The van der Waals surface area contributed by atoms with Crippen molar-refractivity contribution in [3.63, 3.8) is 0 Å². The number of esters is 1. The van der Waals surface area contributed by atoms with E-state index in [0.717, 1.165) is 0 Å². The Kier molecular flexibility index (Phi) is 4.79. The van der Waals surface area contributed by atoms with Crippen LogP contribution in [0, 0.1) is 5.92 Å². The minimum Gasteiger partial charge on any atom is -0.459 e. The summed E-state index contributed by atoms with van der Waals surface area (Å²) in [5.74, 6) is -0.892. The molecule has 0 heterocycles. The van der Waals surface area contributed by atoms with Gasteiger partial charge in [0, 0.05) is 28.7 Å². The molecule has 1 fully saturated rings. The molecule has 0 bridgehead atoms. The summed E-state index contributed by atoms with van der Waals surface area (Å²) >= 11 is 0. The molecule has 0 radical (unpaired) electrons. The van der Waals surface area contributed by atoms with Gasteiger partial charge < -0.3 is 9.84 Å². The molecule has 0 spiro atoms. The van der Waals surface area contributed by atoms with E-state index in [1.807, 2.05) is 0 Å². The van der Waals surface area contributed by atoms with Gasteiger partial charge >= 0.3 is 5.97 Å². The Morgan fingerprint density at radius 1 is 1.33 bits per heavy atom. The van der Waals surface area contributed by atoms with Gasteiger partial charge in [-0.1, -0.05) is 17.2 Å². The van der Waals surface area contributed by atoms with Gasteiger partial charge in [0.25, 0.3) is 0 Å². The summed E-state index contributed by atoms with van der Waals surface area (Å²) in [4.78, 5) is 16.3. The van der Waals surface area contributed by atoms with E-state index in [9.17, 15) is 9.90 Å². The molecule has 1 saturated carbocycles. The van der Waals surface area contributed by atoms with Gasteiger partial charge in [-0.05, 0) is 17.5 Å². The van der Waals surface area contributed by atoms with E-state index in [1.54, 1.807) is 6.92 Å². The highest BCUT2D eigenvalue weighted by atomic mass is 16.6. The molecule has 0 aromatic heterocycles. The topological polar surface area (TPSA) is 144 Å². The molecule has 0 amide bonds. The van der Waals surface area contributed by atoms with E-state index in [-0.39, 0.29) is 12.3 Å². The zero-order valence-electron chi connectivity index (χ0n) is 10.0. The molecule has 18 heavy (non-hydrogen) atoms. The van der Waals surface area contributed by atoms with Crippen LogP contribution in [-0.4, -0.2) is 35.4 Å². The van der Waals surface area contributed by atoms with Gasteiger partial charge in [0.05, 0.1) is 12.1 Å². The zero-order chi connectivity index (χ0) is 13.7. The van der Waals surface area contributed by atoms with E-state index < -0.39 is 30.3 Å². The second-order valence-corrected chi connectivity index (χ2v) is 4.20. The van der Waals surface area contributed by atoms with Crippen molar-refractivity contribution in [1.29, 1.82) is 0 Å². The third-order valence-corrected chi connectivity index (χ3v) is 3.04. The average Bonchev–Trinajstić information content (AvgIpc) is 2.31. The molecule has 98 valence electrons. The van der Waals surface area contributed by atoms with Crippen molar-refractivity contribution in [2.24, 2.45) is 16.1 Å². The zero-order valence-corrected chi connectivity index (χ0v) is 10.0. The first kappa shape index (κ1) is 14.1. The van der Waals surface area contributed by atoms with Crippen LogP contribution >= 0.6 is 0 Å². The molecule has 0 aromatic rings. The average molecular weight is 254 g/mol. The molecule has 5 atom stereocenters. The van der Waals surface area contributed by atoms with Crippen molar-refractivity contribution < 1.29 is 14.6 Å². The van der Waals surface area contributed by atoms with Gasteiger partial charge in [-0.3, -0.25) is 4.79 Å². The lowest BCUT2D eigenvalue weighted by Crippen LogP contribution is -2.52. The second kappa shape index (κ2) is 6.11. The fourth-order valence-corrected chi connectivity index (χ4v) is 2.12. The van der Waals surface area contributed by atoms with Crippen LogP contribution in [0.15, 0.2) is 10.2 Å². The molecule has 0 saturated heterocycles. The van der Waals surface area contributed by atoms with Crippen LogP contribution in [0.3, 0.4) is 0 Å². The first-order valence-electron chi connectivity index (χ1n) is 5.45. The summed E-state index contributed by atoms with van der Waals surface area (Å²) in [7, 11) is 0. The van der Waals surface area contributed by atoms with Gasteiger partial charge in [-0.2, -0.15) is 0 Å². The number of azide groups is 2. The number of carbonyl (C=O) groups excluding carboxylic acids is 1. The number of hydrogen-bond donors (Lipinski definition) is 1. The lowest BCUT2D eigenvalue weighted by molar-refractivity contribution is -0.161. The Morgan fingerprint density at radius 2 is 1.89 bits per heavy atom. The fraction of sp³-hybridized carbons (Fsp3) is 0.889. The van der Waals surface area contributed by atoms with Gasteiger partial charge in [0.2, 0.25) is 0 Å². The standard InChI is InChI=1S/C9H14N6O3/c1-4-6(12-14-10)3-7(13-15-11)8(17)9(4)18-5(2)16/h4,6-9,17H,3H2,1-2H3.